The zero-order valence-corrected chi connectivity index (χ0v) is 15.7. The molecule has 144 valence electrons. The molecule has 0 atom stereocenters. The lowest BCUT2D eigenvalue weighted by Gasteiger charge is -2.19. The fourth-order valence-electron chi connectivity index (χ4n) is 2.27. The minimum absolute atomic E-state index is 0.0283. The van der Waals surface area contributed by atoms with Crippen LogP contribution in [0.1, 0.15) is 26.3 Å². The van der Waals surface area contributed by atoms with Crippen LogP contribution in [0.15, 0.2) is 48.5 Å². The molecule has 2 aromatic rings. The van der Waals surface area contributed by atoms with Gasteiger partial charge in [-0.15, -0.1) is 0 Å². The van der Waals surface area contributed by atoms with E-state index in [2.05, 4.69) is 26.1 Å². The van der Waals surface area contributed by atoms with E-state index in [1.54, 1.807) is 0 Å². The van der Waals surface area contributed by atoms with Gasteiger partial charge in [0.1, 0.15) is 18.1 Å². The third-order valence-electron chi connectivity index (χ3n) is 3.83. The van der Waals surface area contributed by atoms with Gasteiger partial charge in [0.25, 0.3) is 11.6 Å². The summed E-state index contributed by atoms with van der Waals surface area (Å²) in [6.45, 7) is 6.98. The standard InChI is InChI=1S/C20H24N2O5/c1-20(2,3)15-4-8-17(9-5-15)26-13-12-21-19(23)14-27-18-10-6-16(7-11-18)22(24)25/h4-11H,12-14H2,1-3H3,(H,21,23). The maximum absolute atomic E-state index is 11.8. The molecular formula is C20H24N2O5. The summed E-state index contributed by atoms with van der Waals surface area (Å²) in [5, 5.41) is 13.3. The molecule has 2 rings (SSSR count). The van der Waals surface area contributed by atoms with Gasteiger partial charge in [0.05, 0.1) is 11.5 Å². The number of rotatable bonds is 8. The zero-order chi connectivity index (χ0) is 19.9. The van der Waals surface area contributed by atoms with Crippen LogP contribution in [-0.2, 0) is 10.2 Å². The van der Waals surface area contributed by atoms with Crippen molar-refractivity contribution in [1.29, 1.82) is 0 Å². The molecule has 0 unspecified atom stereocenters. The van der Waals surface area contributed by atoms with Crippen molar-refractivity contribution in [1.82, 2.24) is 5.32 Å². The highest BCUT2D eigenvalue weighted by Crippen LogP contribution is 2.24. The Kier molecular flexibility index (Phi) is 6.76. The number of nitrogens with zero attached hydrogens (tertiary/aromatic N) is 1. The van der Waals surface area contributed by atoms with E-state index in [1.807, 2.05) is 24.3 Å². The van der Waals surface area contributed by atoms with Gasteiger partial charge in [0.15, 0.2) is 6.61 Å². The molecular weight excluding hydrogens is 348 g/mol. The van der Waals surface area contributed by atoms with Gasteiger partial charge in [-0.25, -0.2) is 0 Å². The van der Waals surface area contributed by atoms with Gasteiger partial charge in [0, 0.05) is 12.1 Å². The van der Waals surface area contributed by atoms with Crippen LogP contribution in [0.4, 0.5) is 5.69 Å². The van der Waals surface area contributed by atoms with Gasteiger partial charge in [-0.3, -0.25) is 14.9 Å². The van der Waals surface area contributed by atoms with Crippen molar-refractivity contribution >= 4 is 11.6 Å². The second-order valence-electron chi connectivity index (χ2n) is 7.01. The highest BCUT2D eigenvalue weighted by atomic mass is 16.6. The molecule has 0 radical (unpaired) electrons. The number of carbonyl (C=O) groups excluding carboxylic acids is 1. The van der Waals surface area contributed by atoms with Crippen molar-refractivity contribution in [3.8, 4) is 11.5 Å². The highest BCUT2D eigenvalue weighted by molar-refractivity contribution is 5.77. The normalized spacial score (nSPS) is 10.9. The molecule has 0 aliphatic rings. The molecule has 0 aromatic heterocycles. The summed E-state index contributed by atoms with van der Waals surface area (Å²) >= 11 is 0. The van der Waals surface area contributed by atoms with Crippen molar-refractivity contribution in [2.45, 2.75) is 26.2 Å². The van der Waals surface area contributed by atoms with Crippen LogP contribution in [-0.4, -0.2) is 30.6 Å². The first-order valence-corrected chi connectivity index (χ1v) is 8.63. The smallest absolute Gasteiger partial charge is 0.269 e. The number of non-ortho nitro benzene ring substituents is 1. The molecule has 0 heterocycles. The van der Waals surface area contributed by atoms with Gasteiger partial charge >= 0.3 is 0 Å². The van der Waals surface area contributed by atoms with Crippen molar-refractivity contribution in [2.75, 3.05) is 19.8 Å². The van der Waals surface area contributed by atoms with E-state index in [4.69, 9.17) is 9.47 Å². The maximum atomic E-state index is 11.8. The van der Waals surface area contributed by atoms with Crippen LogP contribution in [0.2, 0.25) is 0 Å². The number of nitro groups is 1. The number of hydrogen-bond donors (Lipinski definition) is 1. The van der Waals surface area contributed by atoms with Gasteiger partial charge in [-0.2, -0.15) is 0 Å². The predicted molar refractivity (Wildman–Crippen MR) is 102 cm³/mol. The monoisotopic (exact) mass is 372 g/mol. The second-order valence-corrected chi connectivity index (χ2v) is 7.01. The third-order valence-corrected chi connectivity index (χ3v) is 3.83. The van der Waals surface area contributed by atoms with Crippen molar-refractivity contribution in [2.24, 2.45) is 0 Å². The summed E-state index contributed by atoms with van der Waals surface area (Å²) in [4.78, 5) is 21.8. The molecule has 0 spiro atoms. The third kappa shape index (κ3) is 6.62. The maximum Gasteiger partial charge on any atom is 0.269 e. The van der Waals surface area contributed by atoms with Crippen molar-refractivity contribution in [3.63, 3.8) is 0 Å². The number of carbonyl (C=O) groups is 1. The summed E-state index contributed by atoms with van der Waals surface area (Å²) in [6, 6.07) is 13.5. The predicted octanol–water partition coefficient (Wildman–Crippen LogP) is 3.47. The zero-order valence-electron chi connectivity index (χ0n) is 15.7. The molecule has 0 saturated heterocycles. The fourth-order valence-corrected chi connectivity index (χ4v) is 2.27. The molecule has 0 bridgehead atoms. The summed E-state index contributed by atoms with van der Waals surface area (Å²) in [6.07, 6.45) is 0. The lowest BCUT2D eigenvalue weighted by Crippen LogP contribution is -2.32. The average molecular weight is 372 g/mol. The average Bonchev–Trinajstić information content (AvgIpc) is 2.63. The van der Waals surface area contributed by atoms with Gasteiger partial charge in [-0.05, 0) is 35.2 Å². The van der Waals surface area contributed by atoms with Crippen LogP contribution in [0.25, 0.3) is 0 Å². The summed E-state index contributed by atoms with van der Waals surface area (Å²) in [5.74, 6) is 0.852. The lowest BCUT2D eigenvalue weighted by molar-refractivity contribution is -0.384. The van der Waals surface area contributed by atoms with E-state index in [-0.39, 0.29) is 23.6 Å². The van der Waals surface area contributed by atoms with Crippen LogP contribution in [0.5, 0.6) is 11.5 Å². The Balaban J connectivity index is 1.66. The van der Waals surface area contributed by atoms with E-state index in [1.165, 1.54) is 29.8 Å². The largest absolute Gasteiger partial charge is 0.492 e. The Labute approximate surface area is 158 Å². The summed E-state index contributed by atoms with van der Waals surface area (Å²) in [7, 11) is 0. The molecule has 27 heavy (non-hydrogen) atoms. The quantitative estimate of drug-likeness (QED) is 0.435. The van der Waals surface area contributed by atoms with E-state index < -0.39 is 4.92 Å². The molecule has 0 saturated carbocycles. The molecule has 0 aliphatic carbocycles. The summed E-state index contributed by atoms with van der Waals surface area (Å²) in [5.41, 5.74) is 1.29. The second kappa shape index (κ2) is 9.02. The fraction of sp³-hybridized carbons (Fsp3) is 0.350. The molecule has 1 amide bonds. The topological polar surface area (TPSA) is 90.7 Å². The first-order chi connectivity index (χ1) is 12.8. The molecule has 7 nitrogen and oxygen atoms in total. The Morgan fingerprint density at radius 2 is 1.56 bits per heavy atom. The lowest BCUT2D eigenvalue weighted by atomic mass is 9.87. The highest BCUT2D eigenvalue weighted by Gasteiger charge is 2.13. The van der Waals surface area contributed by atoms with Gasteiger partial charge in [-0.1, -0.05) is 32.9 Å². The Hall–Kier alpha value is -3.09. The number of nitro benzene ring substituents is 1. The van der Waals surface area contributed by atoms with Crippen LogP contribution in [0, 0.1) is 10.1 Å². The van der Waals surface area contributed by atoms with E-state index >= 15 is 0 Å². The molecule has 7 heteroatoms. The number of benzene rings is 2. The van der Waals surface area contributed by atoms with Crippen molar-refractivity contribution < 1.29 is 19.2 Å². The minimum Gasteiger partial charge on any atom is -0.492 e. The molecule has 2 aromatic carbocycles. The van der Waals surface area contributed by atoms with Crippen LogP contribution in [0.3, 0.4) is 0 Å². The van der Waals surface area contributed by atoms with Gasteiger partial charge < -0.3 is 14.8 Å². The van der Waals surface area contributed by atoms with E-state index in [0.29, 0.717) is 18.9 Å². The molecule has 0 aliphatic heterocycles. The molecule has 0 fully saturated rings. The minimum atomic E-state index is -0.493. The first kappa shape index (κ1) is 20.2. The Morgan fingerprint density at radius 3 is 2.11 bits per heavy atom. The SMILES string of the molecule is CC(C)(C)c1ccc(OCCNC(=O)COc2ccc([N+](=O)[O-])cc2)cc1. The van der Waals surface area contributed by atoms with E-state index in [0.717, 1.165) is 5.75 Å². The van der Waals surface area contributed by atoms with Crippen LogP contribution < -0.4 is 14.8 Å². The van der Waals surface area contributed by atoms with Crippen molar-refractivity contribution in [3.05, 3.63) is 64.2 Å². The van der Waals surface area contributed by atoms with E-state index in [9.17, 15) is 14.9 Å². The summed E-state index contributed by atoms with van der Waals surface area (Å²) < 4.78 is 10.9. The Bertz CT molecular complexity index is 764. The Morgan fingerprint density at radius 1 is 1.00 bits per heavy atom. The number of ether oxygens (including phenoxy) is 2. The number of hydrogen-bond acceptors (Lipinski definition) is 5. The van der Waals surface area contributed by atoms with Crippen LogP contribution >= 0.6 is 0 Å². The molecule has 1 N–H and O–H groups in total. The first-order valence-electron chi connectivity index (χ1n) is 8.63. The number of amides is 1. The number of nitrogens with one attached hydrogen (secondary N) is 1. The van der Waals surface area contributed by atoms with Gasteiger partial charge in [0.2, 0.25) is 0 Å².